The number of rotatable bonds is 19. The summed E-state index contributed by atoms with van der Waals surface area (Å²) in [5.74, 6) is -2.37. The number of fused-ring (bicyclic) bond motifs is 1. The molecule has 0 aliphatic rings. The van der Waals surface area contributed by atoms with Crippen LogP contribution in [0.25, 0.3) is 10.8 Å². The van der Waals surface area contributed by atoms with Crippen LogP contribution in [0.5, 0.6) is 5.75 Å². The van der Waals surface area contributed by atoms with Crippen molar-refractivity contribution in [1.82, 2.24) is 4.72 Å². The molecule has 0 aliphatic carbocycles. The first-order valence-electron chi connectivity index (χ1n) is 18.3. The number of nitrogens with one attached hydrogen (secondary N) is 1. The molecule has 0 saturated carbocycles. The van der Waals surface area contributed by atoms with Crippen LogP contribution >= 0.6 is 0 Å². The molecule has 70 heavy (non-hydrogen) atoms. The molecule has 0 aromatic heterocycles. The van der Waals surface area contributed by atoms with Gasteiger partial charge in [0.1, 0.15) is 37.4 Å². The van der Waals surface area contributed by atoms with Gasteiger partial charge in [-0.25, -0.2) is 21.0 Å². The van der Waals surface area contributed by atoms with E-state index in [1.54, 1.807) is 6.07 Å². The van der Waals surface area contributed by atoms with Crippen molar-refractivity contribution >= 4 is 117 Å². The number of hydrogen-bond acceptors (Lipinski definition) is 23. The Morgan fingerprint density at radius 2 is 1.19 bits per heavy atom. The third kappa shape index (κ3) is 13.3. The predicted molar refractivity (Wildman–Crippen MR) is 248 cm³/mol. The van der Waals surface area contributed by atoms with Crippen LogP contribution in [-0.4, -0.2) is 86.2 Å². The van der Waals surface area contributed by atoms with E-state index in [4.69, 9.17) is 21.8 Å². The number of phenolic OH excluding ortho intramolecular Hbond substituents is 1. The highest BCUT2D eigenvalue weighted by Gasteiger charge is 2.29. The van der Waals surface area contributed by atoms with Gasteiger partial charge in [0.2, 0.25) is 0 Å². The molecule has 0 radical (unpaired) electrons. The molecule has 0 fully saturated rings. The summed E-state index contributed by atoms with van der Waals surface area (Å²) in [4.78, 5) is -4.96. The van der Waals surface area contributed by atoms with E-state index >= 15 is 0 Å². The van der Waals surface area contributed by atoms with E-state index in [1.165, 1.54) is 24.3 Å². The lowest BCUT2D eigenvalue weighted by molar-refractivity contribution is 0.284. The molecule has 34 heteroatoms. The fraction of sp³-hybridized carbons (Fsp3) is 0.0556. The minimum absolute atomic E-state index is 0.0839. The Morgan fingerprint density at radius 1 is 0.629 bits per heavy atom. The van der Waals surface area contributed by atoms with Gasteiger partial charge in [0.05, 0.1) is 50.3 Å². The summed E-state index contributed by atoms with van der Waals surface area (Å²) in [6, 6.07) is 11.5. The maximum Gasteiger partial charge on any atom is 0.397 e. The summed E-state index contributed by atoms with van der Waals surface area (Å²) in [6.45, 7) is 6.18. The summed E-state index contributed by atoms with van der Waals surface area (Å²) in [6.07, 6.45) is 2.53. The summed E-state index contributed by atoms with van der Waals surface area (Å²) in [5, 5.41) is 32.5. The van der Waals surface area contributed by atoms with E-state index in [2.05, 4.69) is 52.7 Å². The lowest BCUT2D eigenvalue weighted by Gasteiger charge is -2.14. The van der Waals surface area contributed by atoms with E-state index in [0.717, 1.165) is 24.3 Å². The Morgan fingerprint density at radius 3 is 1.76 bits per heavy atom. The number of sulfone groups is 1. The molecule has 0 atom stereocenters. The van der Waals surface area contributed by atoms with E-state index in [-0.39, 0.29) is 27.7 Å². The average molecular weight is 1090 g/mol. The lowest BCUT2D eigenvalue weighted by Crippen LogP contribution is -2.21. The second kappa shape index (κ2) is 20.1. The van der Waals surface area contributed by atoms with Gasteiger partial charge in [0.15, 0.2) is 15.6 Å². The molecule has 0 aliphatic heterocycles. The first kappa shape index (κ1) is 53.8. The zero-order valence-corrected chi connectivity index (χ0v) is 39.7. The van der Waals surface area contributed by atoms with Crippen molar-refractivity contribution in [2.75, 3.05) is 29.6 Å². The van der Waals surface area contributed by atoms with Gasteiger partial charge in [0, 0.05) is 11.4 Å². The van der Waals surface area contributed by atoms with Crippen LogP contribution in [-0.2, 0) is 64.8 Å². The quantitative estimate of drug-likeness (QED) is 0.0225. The number of aromatic hydroxyl groups is 1. The minimum Gasteiger partial charge on any atom is -0.505 e. The summed E-state index contributed by atoms with van der Waals surface area (Å²) >= 11 is 0. The number of nitrogens with zero attached hydrogens (tertiary/aromatic N) is 6. The molecule has 5 aromatic carbocycles. The molecule has 0 unspecified atom stereocenters. The molecule has 0 heterocycles. The monoisotopic (exact) mass is 1090 g/mol. The Labute approximate surface area is 397 Å². The highest BCUT2D eigenvalue weighted by atomic mass is 32.3. The number of nitrogen functional groups attached to an aromatic ring is 3. The van der Waals surface area contributed by atoms with Gasteiger partial charge in [-0.2, -0.15) is 43.9 Å². The average Bonchev–Trinajstić information content (AvgIpc) is 3.22. The van der Waals surface area contributed by atoms with Gasteiger partial charge < -0.3 is 22.3 Å². The third-order valence-electron chi connectivity index (χ3n) is 8.77. The maximum absolute atomic E-state index is 13.1. The van der Waals surface area contributed by atoms with Crippen LogP contribution in [0.15, 0.2) is 165 Å². The first-order valence-corrected chi connectivity index (χ1v) is 27.1. The molecule has 12 N–H and O–H groups in total. The number of nitrogens with two attached hydrogens (primary N) is 3. The topological polar surface area (TPSA) is 479 Å². The summed E-state index contributed by atoms with van der Waals surface area (Å²) < 4.78 is 193. The van der Waals surface area contributed by atoms with Crippen molar-refractivity contribution in [3.05, 3.63) is 110 Å². The van der Waals surface area contributed by atoms with Crippen LogP contribution in [0, 0.1) is 0 Å². The fourth-order valence-corrected chi connectivity index (χ4v) is 10.2. The van der Waals surface area contributed by atoms with Gasteiger partial charge >= 0.3 is 10.4 Å². The molecule has 5 aromatic rings. The molecule has 5 rings (SSSR count). The Hall–Kier alpha value is -7.12. The van der Waals surface area contributed by atoms with Crippen LogP contribution < -0.4 is 21.9 Å². The Kier molecular flexibility index (Phi) is 15.4. The summed E-state index contributed by atoms with van der Waals surface area (Å²) in [7, 11) is -30.2. The Balaban J connectivity index is 1.48. The number of anilines is 3. The maximum atomic E-state index is 13.1. The number of benzene rings is 5. The zero-order valence-electron chi connectivity index (χ0n) is 34.8. The first-order chi connectivity index (χ1) is 32.2. The van der Waals surface area contributed by atoms with Crippen molar-refractivity contribution in [1.29, 1.82) is 0 Å². The van der Waals surface area contributed by atoms with Crippen molar-refractivity contribution in [2.24, 2.45) is 30.7 Å². The smallest absolute Gasteiger partial charge is 0.397 e. The van der Waals surface area contributed by atoms with Crippen LogP contribution in [0.3, 0.4) is 0 Å². The number of allylic oxidation sites excluding steroid dienone is 2. The normalized spacial score (nSPS) is 13.3. The number of sulfonamides is 1. The van der Waals surface area contributed by atoms with Crippen LogP contribution in [0.2, 0.25) is 0 Å². The molecule has 0 spiro atoms. The van der Waals surface area contributed by atoms with E-state index in [1.807, 2.05) is 0 Å². The van der Waals surface area contributed by atoms with Gasteiger partial charge in [-0.3, -0.25) is 22.9 Å². The Bertz CT molecular complexity index is 3830. The summed E-state index contributed by atoms with van der Waals surface area (Å²) in [5.41, 5.74) is 14.4. The standard InChI is InChI=1S/C36H34N10O18S6/c1-19(40-42-27-11-5-22(37)17-26(27)38)3-4-20(2)46-66(50,51)24-8-6-23(7-9-24)41-45-35-31(69(58,59)60)16-21-15-30(68(55,56)57)34(33(39)32(21)36(35)47)44-43-28-12-10-25(18-29(28)67(52,53)54)65(48,49)14-13-64-70(61,62)63/h3-12,15-18,46-47H,1-2,13-14,37-39H2,(H,52,53,54)(H,55,56,57)(H,58,59,60)(H,61,62,63)/b4-3-,42-40?,44-43?,45-41?. The lowest BCUT2D eigenvalue weighted by atomic mass is 10.1. The highest BCUT2D eigenvalue weighted by molar-refractivity contribution is 7.91. The van der Waals surface area contributed by atoms with E-state index in [9.17, 15) is 69.3 Å². The fourth-order valence-electron chi connectivity index (χ4n) is 5.63. The molecule has 28 nitrogen and oxygen atoms in total. The number of hydrogen-bond donors (Lipinski definition) is 9. The molecule has 0 amide bonds. The molecule has 0 saturated heterocycles. The second-order valence-electron chi connectivity index (χ2n) is 13.8. The van der Waals surface area contributed by atoms with E-state index in [0.29, 0.717) is 41.7 Å². The molecule has 0 bridgehead atoms. The van der Waals surface area contributed by atoms with Gasteiger partial charge in [-0.05, 0) is 90.3 Å². The number of phenols is 1. The van der Waals surface area contributed by atoms with E-state index < -0.39 is 132 Å². The van der Waals surface area contributed by atoms with Gasteiger partial charge in [-0.15, -0.1) is 20.5 Å². The van der Waals surface area contributed by atoms with Crippen molar-refractivity contribution in [2.45, 2.75) is 24.5 Å². The largest absolute Gasteiger partial charge is 0.505 e. The van der Waals surface area contributed by atoms with Crippen molar-refractivity contribution in [3.8, 4) is 5.75 Å². The second-order valence-corrected chi connectivity index (χ2v) is 22.9. The molecular weight excluding hydrogens is 1050 g/mol. The third-order valence-corrected chi connectivity index (χ3v) is 15.0. The molecular formula is C36H34N10O18S6. The minimum atomic E-state index is -5.46. The van der Waals surface area contributed by atoms with Crippen LogP contribution in [0.1, 0.15) is 0 Å². The van der Waals surface area contributed by atoms with Crippen molar-refractivity contribution in [3.63, 3.8) is 0 Å². The van der Waals surface area contributed by atoms with Crippen molar-refractivity contribution < 1.29 is 78.0 Å². The highest BCUT2D eigenvalue weighted by Crippen LogP contribution is 2.48. The SMILES string of the molecule is C=C(/C=C\C(=C)NS(=O)(=O)c1ccc(N=Nc2c(S(=O)(=O)O)cc3cc(S(=O)(=O)O)c(N=Nc4ccc(S(=O)(=O)CCOS(=O)(=O)O)cc4S(=O)(=O)O)c(N)c3c2O)cc1)N=Nc1ccc(N)cc1N. The van der Waals surface area contributed by atoms with Gasteiger partial charge in [0.25, 0.3) is 40.4 Å². The van der Waals surface area contributed by atoms with Gasteiger partial charge in [-0.1, -0.05) is 13.2 Å². The zero-order chi connectivity index (χ0) is 52.4. The van der Waals surface area contributed by atoms with Crippen LogP contribution in [0.4, 0.5) is 45.5 Å². The molecule has 372 valence electrons. The number of azo groups is 3. The predicted octanol–water partition coefficient (Wildman–Crippen LogP) is 5.10.